The summed E-state index contributed by atoms with van der Waals surface area (Å²) in [6.07, 6.45) is 3.01. The Morgan fingerprint density at radius 3 is 2.81 bits per heavy atom. The number of aromatic nitrogens is 4. The second kappa shape index (κ2) is 8.35. The van der Waals surface area contributed by atoms with E-state index in [2.05, 4.69) is 27.3 Å². The highest BCUT2D eigenvalue weighted by molar-refractivity contribution is 8.03. The summed E-state index contributed by atoms with van der Waals surface area (Å²) in [5.74, 6) is 1.75. The van der Waals surface area contributed by atoms with Gasteiger partial charge >= 0.3 is 0 Å². The lowest BCUT2D eigenvalue weighted by atomic mass is 10.2. The topological polar surface area (TPSA) is 108 Å². The van der Waals surface area contributed by atoms with Crippen LogP contribution in [0.3, 0.4) is 0 Å². The third-order valence-electron chi connectivity index (χ3n) is 2.31. The van der Waals surface area contributed by atoms with Gasteiger partial charge in [0.15, 0.2) is 14.5 Å². The molecule has 7 nitrogen and oxygen atoms in total. The summed E-state index contributed by atoms with van der Waals surface area (Å²) in [7, 11) is 0. The maximum Gasteiger partial charge on any atom is 0.237 e. The van der Waals surface area contributed by atoms with Gasteiger partial charge in [-0.25, -0.2) is 0 Å². The van der Waals surface area contributed by atoms with E-state index >= 15 is 0 Å². The quantitative estimate of drug-likeness (QED) is 0.689. The maximum atomic E-state index is 10.7. The predicted molar refractivity (Wildman–Crippen MR) is 82.3 cm³/mol. The van der Waals surface area contributed by atoms with Crippen molar-refractivity contribution in [1.82, 2.24) is 20.3 Å². The molecule has 0 saturated carbocycles. The largest absolute Gasteiger partial charge is 0.369 e. The number of hydrogen-bond acceptors (Lipinski definition) is 9. The molecule has 0 saturated heterocycles. The molecular weight excluding hydrogens is 330 g/mol. The van der Waals surface area contributed by atoms with Gasteiger partial charge in [0, 0.05) is 6.42 Å². The molecule has 114 valence electrons. The van der Waals surface area contributed by atoms with Crippen LogP contribution >= 0.6 is 34.9 Å². The minimum absolute atomic E-state index is 0.212. The lowest BCUT2D eigenvalue weighted by Gasteiger charge is -1.90. The molecule has 10 heteroatoms. The molecule has 0 bridgehead atoms. The number of amides is 1. The van der Waals surface area contributed by atoms with Crippen molar-refractivity contribution in [3.63, 3.8) is 0 Å². The molecule has 0 unspecified atom stereocenters. The van der Waals surface area contributed by atoms with Gasteiger partial charge in [0.1, 0.15) is 0 Å². The highest BCUT2D eigenvalue weighted by Crippen LogP contribution is 2.30. The zero-order chi connectivity index (χ0) is 15.1. The van der Waals surface area contributed by atoms with Gasteiger partial charge in [-0.15, -0.1) is 10.2 Å². The number of nitrogens with zero attached hydrogens (tertiary/aromatic N) is 4. The first-order chi connectivity index (χ1) is 10.2. The van der Waals surface area contributed by atoms with Crippen molar-refractivity contribution in [3.8, 4) is 0 Å². The van der Waals surface area contributed by atoms with Crippen molar-refractivity contribution in [3.05, 3.63) is 11.7 Å². The first kappa shape index (κ1) is 16.2. The van der Waals surface area contributed by atoms with Crippen molar-refractivity contribution < 1.29 is 9.32 Å². The monoisotopic (exact) mass is 345 g/mol. The first-order valence-corrected chi connectivity index (χ1v) is 9.15. The number of unbranched alkanes of at least 4 members (excludes halogenated alkanes) is 1. The van der Waals surface area contributed by atoms with Gasteiger partial charge in [-0.05, 0) is 6.42 Å². The smallest absolute Gasteiger partial charge is 0.237 e. The van der Waals surface area contributed by atoms with Crippen LogP contribution in [0.5, 0.6) is 0 Å². The fourth-order valence-electron chi connectivity index (χ4n) is 1.36. The summed E-state index contributed by atoms with van der Waals surface area (Å²) in [6, 6.07) is 0. The number of hydrogen-bond donors (Lipinski definition) is 1. The lowest BCUT2D eigenvalue weighted by Crippen LogP contribution is -2.12. The Bertz CT molecular complexity index is 586. The van der Waals surface area contributed by atoms with Crippen molar-refractivity contribution in [1.29, 1.82) is 0 Å². The average Bonchev–Trinajstić information content (AvgIpc) is 3.10. The SMILES string of the molecule is CCCCc1noc(CSc2nnc(SCC(N)=O)s2)n1. The van der Waals surface area contributed by atoms with Crippen molar-refractivity contribution >= 4 is 40.8 Å². The minimum atomic E-state index is -0.366. The molecule has 0 radical (unpaired) electrons. The van der Waals surface area contributed by atoms with Gasteiger partial charge in [-0.1, -0.05) is 53.4 Å². The molecule has 0 aliphatic carbocycles. The Balaban J connectivity index is 1.79. The number of carbonyl (C=O) groups is 1. The Hall–Kier alpha value is -1.13. The number of carbonyl (C=O) groups excluding carboxylic acids is 1. The molecule has 2 aromatic heterocycles. The predicted octanol–water partition coefficient (Wildman–Crippen LogP) is 2.13. The van der Waals surface area contributed by atoms with Crippen LogP contribution in [0, 0.1) is 0 Å². The standard InChI is InChI=1S/C11H15N5O2S3/c1-2-3-4-8-13-9(18-16-8)6-20-11-15-14-10(21-11)19-5-7(12)17/h2-6H2,1H3,(H2,12,17). The van der Waals surface area contributed by atoms with Crippen LogP contribution in [-0.2, 0) is 17.0 Å². The Morgan fingerprint density at radius 1 is 1.33 bits per heavy atom. The van der Waals surface area contributed by atoms with Crippen LogP contribution < -0.4 is 5.73 Å². The number of primary amides is 1. The summed E-state index contributed by atoms with van der Waals surface area (Å²) >= 11 is 4.20. The van der Waals surface area contributed by atoms with Crippen LogP contribution in [0.2, 0.25) is 0 Å². The van der Waals surface area contributed by atoms with E-state index in [1.807, 2.05) is 0 Å². The molecule has 0 aromatic carbocycles. The third kappa shape index (κ3) is 5.64. The summed E-state index contributed by atoms with van der Waals surface area (Å²) in [5.41, 5.74) is 5.08. The Kier molecular flexibility index (Phi) is 6.46. The van der Waals surface area contributed by atoms with E-state index in [-0.39, 0.29) is 11.7 Å². The van der Waals surface area contributed by atoms with Crippen LogP contribution in [0.25, 0.3) is 0 Å². The zero-order valence-electron chi connectivity index (χ0n) is 11.4. The Labute approximate surface area is 134 Å². The number of nitrogens with two attached hydrogens (primary N) is 1. The molecule has 21 heavy (non-hydrogen) atoms. The third-order valence-corrected chi connectivity index (χ3v) is 5.51. The fraction of sp³-hybridized carbons (Fsp3) is 0.545. The van der Waals surface area contributed by atoms with E-state index in [1.165, 1.54) is 34.9 Å². The molecule has 0 aliphatic heterocycles. The summed E-state index contributed by atoms with van der Waals surface area (Å²) in [4.78, 5) is 15.0. The number of thioether (sulfide) groups is 2. The van der Waals surface area contributed by atoms with E-state index in [0.29, 0.717) is 11.6 Å². The van der Waals surface area contributed by atoms with Gasteiger partial charge in [-0.3, -0.25) is 4.79 Å². The molecular formula is C11H15N5O2S3. The summed E-state index contributed by atoms with van der Waals surface area (Å²) in [5, 5.41) is 11.9. The van der Waals surface area contributed by atoms with Gasteiger partial charge in [-0.2, -0.15) is 4.98 Å². The van der Waals surface area contributed by atoms with Crippen molar-refractivity contribution in [2.75, 3.05) is 5.75 Å². The van der Waals surface area contributed by atoms with E-state index < -0.39 is 0 Å². The summed E-state index contributed by atoms with van der Waals surface area (Å²) in [6.45, 7) is 2.13. The van der Waals surface area contributed by atoms with Gasteiger partial charge < -0.3 is 10.3 Å². The highest BCUT2D eigenvalue weighted by Gasteiger charge is 2.10. The zero-order valence-corrected chi connectivity index (χ0v) is 13.9. The second-order valence-electron chi connectivity index (χ2n) is 4.09. The molecule has 2 heterocycles. The molecule has 2 aromatic rings. The molecule has 2 N–H and O–H groups in total. The molecule has 0 atom stereocenters. The van der Waals surface area contributed by atoms with Crippen LogP contribution in [-0.4, -0.2) is 32.0 Å². The van der Waals surface area contributed by atoms with Gasteiger partial charge in [0.05, 0.1) is 11.5 Å². The van der Waals surface area contributed by atoms with Crippen LogP contribution in [0.15, 0.2) is 13.2 Å². The molecule has 0 fully saturated rings. The second-order valence-corrected chi connectivity index (χ2v) is 7.51. The number of rotatable bonds is 9. The minimum Gasteiger partial charge on any atom is -0.369 e. The van der Waals surface area contributed by atoms with E-state index in [1.54, 1.807) is 0 Å². The van der Waals surface area contributed by atoms with Crippen molar-refractivity contribution in [2.24, 2.45) is 5.73 Å². The molecule has 0 spiro atoms. The van der Waals surface area contributed by atoms with E-state index in [0.717, 1.165) is 33.8 Å². The van der Waals surface area contributed by atoms with E-state index in [4.69, 9.17) is 10.3 Å². The molecule has 0 aliphatic rings. The van der Waals surface area contributed by atoms with E-state index in [9.17, 15) is 4.79 Å². The normalized spacial score (nSPS) is 10.9. The number of aryl methyl sites for hydroxylation is 1. The lowest BCUT2D eigenvalue weighted by molar-refractivity contribution is -0.115. The molecule has 1 amide bonds. The molecule has 2 rings (SSSR count). The average molecular weight is 345 g/mol. The van der Waals surface area contributed by atoms with Crippen LogP contribution in [0.4, 0.5) is 0 Å². The van der Waals surface area contributed by atoms with Crippen molar-refractivity contribution in [2.45, 2.75) is 40.6 Å². The summed E-state index contributed by atoms with van der Waals surface area (Å²) < 4.78 is 6.71. The highest BCUT2D eigenvalue weighted by atomic mass is 32.2. The van der Waals surface area contributed by atoms with Gasteiger partial charge in [0.2, 0.25) is 11.8 Å². The van der Waals surface area contributed by atoms with Gasteiger partial charge in [0.25, 0.3) is 0 Å². The Morgan fingerprint density at radius 2 is 2.10 bits per heavy atom. The fourth-order valence-corrected chi connectivity index (χ4v) is 3.95. The first-order valence-electron chi connectivity index (χ1n) is 6.36. The van der Waals surface area contributed by atoms with Crippen LogP contribution in [0.1, 0.15) is 31.5 Å². The maximum absolute atomic E-state index is 10.7.